The Morgan fingerprint density at radius 3 is 2.95 bits per heavy atom. The van der Waals surface area contributed by atoms with Crippen LogP contribution in [0.5, 0.6) is 5.88 Å². The van der Waals surface area contributed by atoms with Gasteiger partial charge in [0.1, 0.15) is 0 Å². The minimum Gasteiger partial charge on any atom is -0.481 e. The largest absolute Gasteiger partial charge is 0.481 e. The number of benzene rings is 1. The van der Waals surface area contributed by atoms with Crippen molar-refractivity contribution < 1.29 is 4.74 Å². The maximum absolute atomic E-state index is 5.23. The van der Waals surface area contributed by atoms with E-state index < -0.39 is 0 Å². The van der Waals surface area contributed by atoms with Crippen LogP contribution in [0.4, 0.5) is 5.82 Å². The number of hydrogen-bond donors (Lipinski definition) is 1. The summed E-state index contributed by atoms with van der Waals surface area (Å²) in [6.45, 7) is 0.583. The fourth-order valence-electron chi connectivity index (χ4n) is 2.08. The van der Waals surface area contributed by atoms with Gasteiger partial charge >= 0.3 is 0 Å². The van der Waals surface area contributed by atoms with Crippen LogP contribution in [0.1, 0.15) is 5.56 Å². The van der Waals surface area contributed by atoms with E-state index >= 15 is 0 Å². The van der Waals surface area contributed by atoms with Crippen molar-refractivity contribution in [2.45, 2.75) is 6.54 Å². The molecule has 3 aromatic rings. The highest BCUT2D eigenvalue weighted by molar-refractivity contribution is 5.90. The summed E-state index contributed by atoms with van der Waals surface area (Å²) in [5.74, 6) is 1.38. The van der Waals surface area contributed by atoms with Gasteiger partial charge in [-0.1, -0.05) is 30.3 Å². The van der Waals surface area contributed by atoms with Crippen molar-refractivity contribution in [3.63, 3.8) is 0 Å². The summed E-state index contributed by atoms with van der Waals surface area (Å²) in [5, 5.41) is 13.6. The van der Waals surface area contributed by atoms with E-state index in [9.17, 15) is 0 Å². The van der Waals surface area contributed by atoms with Crippen LogP contribution < -0.4 is 10.1 Å². The molecule has 5 nitrogen and oxygen atoms in total. The highest BCUT2D eigenvalue weighted by atomic mass is 16.5. The number of aromatic nitrogens is 3. The zero-order valence-corrected chi connectivity index (χ0v) is 11.1. The van der Waals surface area contributed by atoms with Crippen molar-refractivity contribution in [2.75, 3.05) is 12.4 Å². The number of nitrogens with zero attached hydrogens (tertiary/aromatic N) is 3. The quantitative estimate of drug-likeness (QED) is 0.786. The molecule has 20 heavy (non-hydrogen) atoms. The first kappa shape index (κ1) is 12.3. The third-order valence-electron chi connectivity index (χ3n) is 3.06. The van der Waals surface area contributed by atoms with E-state index in [1.807, 2.05) is 36.4 Å². The molecule has 3 rings (SSSR count). The summed E-state index contributed by atoms with van der Waals surface area (Å²) >= 11 is 0. The minimum absolute atomic E-state index is 0.583. The van der Waals surface area contributed by atoms with Gasteiger partial charge in [-0.3, -0.25) is 0 Å². The lowest BCUT2D eigenvalue weighted by molar-refractivity contribution is 0.393. The SMILES string of the molecule is COc1ncccc1CNc1nncc2ccccc12. The molecule has 0 unspecified atom stereocenters. The van der Waals surface area contributed by atoms with E-state index in [4.69, 9.17) is 4.74 Å². The molecule has 0 aliphatic rings. The Morgan fingerprint density at radius 1 is 1.15 bits per heavy atom. The van der Waals surface area contributed by atoms with Gasteiger partial charge in [0.05, 0.1) is 13.3 Å². The summed E-state index contributed by atoms with van der Waals surface area (Å²) in [6, 6.07) is 11.9. The van der Waals surface area contributed by atoms with E-state index in [1.165, 1.54) is 0 Å². The molecule has 0 spiro atoms. The molecule has 0 bridgehead atoms. The molecule has 5 heteroatoms. The average Bonchev–Trinajstić information content (AvgIpc) is 2.53. The van der Waals surface area contributed by atoms with Crippen molar-refractivity contribution in [2.24, 2.45) is 0 Å². The Morgan fingerprint density at radius 2 is 2.05 bits per heavy atom. The molecule has 100 valence electrons. The normalized spacial score (nSPS) is 10.4. The smallest absolute Gasteiger partial charge is 0.218 e. The molecular formula is C15H14N4O. The van der Waals surface area contributed by atoms with Crippen LogP contribution in [0.25, 0.3) is 10.8 Å². The van der Waals surface area contributed by atoms with Gasteiger partial charge in [-0.25, -0.2) is 4.98 Å². The van der Waals surface area contributed by atoms with Crippen molar-refractivity contribution >= 4 is 16.6 Å². The van der Waals surface area contributed by atoms with Crippen LogP contribution in [-0.2, 0) is 6.54 Å². The van der Waals surface area contributed by atoms with Gasteiger partial charge in [-0.05, 0) is 6.07 Å². The maximum Gasteiger partial charge on any atom is 0.218 e. The second-order valence-electron chi connectivity index (χ2n) is 4.31. The number of methoxy groups -OCH3 is 1. The van der Waals surface area contributed by atoms with E-state index in [1.54, 1.807) is 19.5 Å². The standard InChI is InChI=1S/C15H14N4O/c1-20-15-12(6-4-8-16-15)9-17-14-13-7-3-2-5-11(13)10-18-19-14/h2-8,10H,9H2,1H3,(H,17,19). The van der Waals surface area contributed by atoms with Crippen molar-refractivity contribution in [1.82, 2.24) is 15.2 Å². The van der Waals surface area contributed by atoms with E-state index in [0.29, 0.717) is 12.4 Å². The summed E-state index contributed by atoms with van der Waals surface area (Å²) in [5.41, 5.74) is 0.977. The molecule has 0 radical (unpaired) electrons. The molecule has 0 fully saturated rings. The summed E-state index contributed by atoms with van der Waals surface area (Å²) in [7, 11) is 1.61. The lowest BCUT2D eigenvalue weighted by Gasteiger charge is -2.10. The number of pyridine rings is 1. The highest BCUT2D eigenvalue weighted by Crippen LogP contribution is 2.21. The topological polar surface area (TPSA) is 59.9 Å². The van der Waals surface area contributed by atoms with Gasteiger partial charge < -0.3 is 10.1 Å². The Labute approximate surface area is 116 Å². The van der Waals surface area contributed by atoms with Gasteiger partial charge in [-0.2, -0.15) is 5.10 Å². The molecule has 2 aromatic heterocycles. The van der Waals surface area contributed by atoms with Crippen molar-refractivity contribution in [1.29, 1.82) is 0 Å². The number of rotatable bonds is 4. The van der Waals surface area contributed by atoms with Crippen molar-refractivity contribution in [3.8, 4) is 5.88 Å². The van der Waals surface area contributed by atoms with Crippen LogP contribution in [0.3, 0.4) is 0 Å². The molecule has 0 saturated heterocycles. The van der Waals surface area contributed by atoms with Gasteiger partial charge in [0.25, 0.3) is 0 Å². The molecule has 0 aliphatic heterocycles. The third kappa shape index (κ3) is 2.38. The Balaban J connectivity index is 1.87. The molecule has 0 atom stereocenters. The predicted octanol–water partition coefficient (Wildman–Crippen LogP) is 2.65. The molecule has 2 heterocycles. The van der Waals surface area contributed by atoms with Crippen LogP contribution >= 0.6 is 0 Å². The van der Waals surface area contributed by atoms with Gasteiger partial charge in [-0.15, -0.1) is 5.10 Å². The summed E-state index contributed by atoms with van der Waals surface area (Å²) in [6.07, 6.45) is 3.46. The Kier molecular flexibility index (Phi) is 3.41. The van der Waals surface area contributed by atoms with E-state index in [-0.39, 0.29) is 0 Å². The number of ether oxygens (including phenoxy) is 1. The fourth-order valence-corrected chi connectivity index (χ4v) is 2.08. The van der Waals surface area contributed by atoms with Crippen LogP contribution in [0.2, 0.25) is 0 Å². The molecule has 1 N–H and O–H groups in total. The predicted molar refractivity (Wildman–Crippen MR) is 77.7 cm³/mol. The Hall–Kier alpha value is -2.69. The maximum atomic E-state index is 5.23. The molecule has 0 saturated carbocycles. The summed E-state index contributed by atoms with van der Waals surface area (Å²) in [4.78, 5) is 4.17. The lowest BCUT2D eigenvalue weighted by atomic mass is 10.2. The highest BCUT2D eigenvalue weighted by Gasteiger charge is 2.06. The molecule has 1 aromatic carbocycles. The average molecular weight is 266 g/mol. The van der Waals surface area contributed by atoms with Gasteiger partial charge in [0.15, 0.2) is 5.82 Å². The monoisotopic (exact) mass is 266 g/mol. The van der Waals surface area contributed by atoms with Crippen LogP contribution in [0, 0.1) is 0 Å². The first-order valence-electron chi connectivity index (χ1n) is 6.30. The molecular weight excluding hydrogens is 252 g/mol. The van der Waals surface area contributed by atoms with Crippen LogP contribution in [0.15, 0.2) is 48.8 Å². The summed E-state index contributed by atoms with van der Waals surface area (Å²) < 4.78 is 5.23. The lowest BCUT2D eigenvalue weighted by Crippen LogP contribution is -2.05. The van der Waals surface area contributed by atoms with E-state index in [0.717, 1.165) is 22.2 Å². The number of nitrogens with one attached hydrogen (secondary N) is 1. The number of fused-ring (bicyclic) bond motifs is 1. The second kappa shape index (κ2) is 5.52. The van der Waals surface area contributed by atoms with Gasteiger partial charge in [0, 0.05) is 29.1 Å². The first-order chi connectivity index (χ1) is 9.88. The fraction of sp³-hybridized carbons (Fsp3) is 0.133. The zero-order chi connectivity index (χ0) is 13.8. The van der Waals surface area contributed by atoms with E-state index in [2.05, 4.69) is 20.5 Å². The molecule has 0 aliphatic carbocycles. The van der Waals surface area contributed by atoms with Crippen LogP contribution in [-0.4, -0.2) is 22.3 Å². The minimum atomic E-state index is 0.583. The second-order valence-corrected chi connectivity index (χ2v) is 4.31. The Bertz CT molecular complexity index is 724. The van der Waals surface area contributed by atoms with Gasteiger partial charge in [0.2, 0.25) is 5.88 Å². The van der Waals surface area contributed by atoms with Crippen molar-refractivity contribution in [3.05, 3.63) is 54.4 Å². The zero-order valence-electron chi connectivity index (χ0n) is 11.1. The number of hydrogen-bond acceptors (Lipinski definition) is 5. The third-order valence-corrected chi connectivity index (χ3v) is 3.06. The molecule has 0 amide bonds. The first-order valence-corrected chi connectivity index (χ1v) is 6.30. The number of anilines is 1.